The Morgan fingerprint density at radius 2 is 1.81 bits per heavy atom. The molecule has 1 aromatic rings. The van der Waals surface area contributed by atoms with Gasteiger partial charge in [0.25, 0.3) is 0 Å². The first-order valence-corrected chi connectivity index (χ1v) is 9.61. The Morgan fingerprint density at radius 1 is 1.08 bits per heavy atom. The Hall–Kier alpha value is -1.79. The SMILES string of the molecule is COCCC(=O)N1CCC[C@H](N2CCN(c3ccc(OC)cc3)CC2)C1. The maximum Gasteiger partial charge on any atom is 0.224 e. The second-order valence-electron chi connectivity index (χ2n) is 7.10. The van der Waals surface area contributed by atoms with Gasteiger partial charge in [-0.1, -0.05) is 0 Å². The van der Waals surface area contributed by atoms with Crippen molar-refractivity contribution in [2.24, 2.45) is 0 Å². The number of benzene rings is 1. The maximum absolute atomic E-state index is 12.3. The minimum absolute atomic E-state index is 0.230. The van der Waals surface area contributed by atoms with Crippen molar-refractivity contribution in [3.8, 4) is 5.75 Å². The maximum atomic E-state index is 12.3. The van der Waals surface area contributed by atoms with E-state index in [1.807, 2.05) is 17.0 Å². The number of ether oxygens (including phenoxy) is 2. The third-order valence-electron chi connectivity index (χ3n) is 5.54. The van der Waals surface area contributed by atoms with Gasteiger partial charge in [0.1, 0.15) is 5.75 Å². The molecule has 1 atom stereocenters. The first-order valence-electron chi connectivity index (χ1n) is 9.61. The molecule has 0 aromatic heterocycles. The van der Waals surface area contributed by atoms with Crippen molar-refractivity contribution in [3.63, 3.8) is 0 Å². The molecule has 2 saturated heterocycles. The van der Waals surface area contributed by atoms with E-state index in [2.05, 4.69) is 21.9 Å². The predicted octanol–water partition coefficient (Wildman–Crippen LogP) is 1.84. The summed E-state index contributed by atoms with van der Waals surface area (Å²) in [4.78, 5) is 19.3. The van der Waals surface area contributed by atoms with Crippen LogP contribution in [0.5, 0.6) is 5.75 Å². The van der Waals surface area contributed by atoms with Crippen LogP contribution in [-0.4, -0.2) is 81.8 Å². The van der Waals surface area contributed by atoms with Crippen LogP contribution < -0.4 is 9.64 Å². The van der Waals surface area contributed by atoms with E-state index in [1.54, 1.807) is 14.2 Å². The van der Waals surface area contributed by atoms with Gasteiger partial charge in [0.2, 0.25) is 5.91 Å². The number of hydrogen-bond donors (Lipinski definition) is 0. The largest absolute Gasteiger partial charge is 0.497 e. The molecule has 144 valence electrons. The molecule has 0 radical (unpaired) electrons. The number of piperidine rings is 1. The van der Waals surface area contributed by atoms with Gasteiger partial charge in [-0.05, 0) is 37.1 Å². The van der Waals surface area contributed by atoms with Crippen molar-refractivity contribution in [2.45, 2.75) is 25.3 Å². The van der Waals surface area contributed by atoms with Crippen LogP contribution >= 0.6 is 0 Å². The lowest BCUT2D eigenvalue weighted by molar-refractivity contribution is -0.134. The Bertz CT molecular complexity index is 570. The van der Waals surface area contributed by atoms with Crippen LogP contribution in [0.1, 0.15) is 19.3 Å². The molecule has 2 heterocycles. The monoisotopic (exact) mass is 361 g/mol. The van der Waals surface area contributed by atoms with E-state index in [9.17, 15) is 4.79 Å². The van der Waals surface area contributed by atoms with E-state index in [4.69, 9.17) is 9.47 Å². The molecule has 6 nitrogen and oxygen atoms in total. The Balaban J connectivity index is 1.50. The lowest BCUT2D eigenvalue weighted by atomic mass is 10.0. The van der Waals surface area contributed by atoms with Gasteiger partial charge >= 0.3 is 0 Å². The third kappa shape index (κ3) is 4.68. The standard InChI is InChI=1S/C20H31N3O3/c1-25-15-9-20(24)23-10-3-4-18(16-23)22-13-11-21(12-14-22)17-5-7-19(26-2)8-6-17/h5-8,18H,3-4,9-16H2,1-2H3/t18-/m0/s1. The average molecular weight is 361 g/mol. The van der Waals surface area contributed by atoms with E-state index < -0.39 is 0 Å². The van der Waals surface area contributed by atoms with Crippen LogP contribution in [0, 0.1) is 0 Å². The van der Waals surface area contributed by atoms with Crippen LogP contribution in [0.15, 0.2) is 24.3 Å². The highest BCUT2D eigenvalue weighted by Crippen LogP contribution is 2.23. The summed E-state index contributed by atoms with van der Waals surface area (Å²) in [5.74, 6) is 1.13. The number of anilines is 1. The van der Waals surface area contributed by atoms with Crippen molar-refractivity contribution in [1.82, 2.24) is 9.80 Å². The summed E-state index contributed by atoms with van der Waals surface area (Å²) >= 11 is 0. The summed E-state index contributed by atoms with van der Waals surface area (Å²) in [6.45, 7) is 6.44. The highest BCUT2D eigenvalue weighted by Gasteiger charge is 2.29. The lowest BCUT2D eigenvalue weighted by Crippen LogP contribution is -2.56. The second-order valence-corrected chi connectivity index (χ2v) is 7.10. The molecule has 26 heavy (non-hydrogen) atoms. The van der Waals surface area contributed by atoms with Crippen LogP contribution in [0.25, 0.3) is 0 Å². The van der Waals surface area contributed by atoms with E-state index in [1.165, 1.54) is 12.1 Å². The molecule has 0 aliphatic carbocycles. The molecular formula is C20H31N3O3. The summed E-state index contributed by atoms with van der Waals surface area (Å²) in [5.41, 5.74) is 1.26. The molecule has 0 bridgehead atoms. The van der Waals surface area contributed by atoms with Gasteiger partial charge in [0, 0.05) is 58.1 Å². The van der Waals surface area contributed by atoms with Gasteiger partial charge in [-0.2, -0.15) is 0 Å². The molecule has 3 rings (SSSR count). The summed E-state index contributed by atoms with van der Waals surface area (Å²) in [6.07, 6.45) is 2.78. The van der Waals surface area contributed by atoms with Gasteiger partial charge in [0.05, 0.1) is 20.1 Å². The number of methoxy groups -OCH3 is 2. The Kier molecular flexibility index (Phi) is 6.74. The minimum atomic E-state index is 0.230. The zero-order chi connectivity index (χ0) is 18.4. The molecule has 0 unspecified atom stereocenters. The van der Waals surface area contributed by atoms with Crippen molar-refractivity contribution in [2.75, 3.05) is 65.0 Å². The van der Waals surface area contributed by atoms with Gasteiger partial charge in [-0.3, -0.25) is 9.69 Å². The molecule has 2 aliphatic heterocycles. The van der Waals surface area contributed by atoms with Crippen LogP contribution in [0.4, 0.5) is 5.69 Å². The van der Waals surface area contributed by atoms with Crippen LogP contribution in [-0.2, 0) is 9.53 Å². The summed E-state index contributed by atoms with van der Waals surface area (Å²) in [5, 5.41) is 0. The quantitative estimate of drug-likeness (QED) is 0.774. The Labute approximate surface area is 156 Å². The van der Waals surface area contributed by atoms with Crippen molar-refractivity contribution in [1.29, 1.82) is 0 Å². The zero-order valence-electron chi connectivity index (χ0n) is 16.0. The molecule has 1 amide bonds. The number of piperazine rings is 1. The highest BCUT2D eigenvalue weighted by atomic mass is 16.5. The number of nitrogens with zero attached hydrogens (tertiary/aromatic N) is 3. The summed E-state index contributed by atoms with van der Waals surface area (Å²) in [7, 11) is 3.34. The number of hydrogen-bond acceptors (Lipinski definition) is 5. The topological polar surface area (TPSA) is 45.2 Å². The second kappa shape index (κ2) is 9.24. The van der Waals surface area contributed by atoms with Gasteiger partial charge in [0.15, 0.2) is 0 Å². The van der Waals surface area contributed by atoms with Crippen LogP contribution in [0.2, 0.25) is 0 Å². The first kappa shape index (κ1) is 19.0. The molecule has 2 aliphatic rings. The normalized spacial score (nSPS) is 21.7. The molecule has 1 aromatic carbocycles. The predicted molar refractivity (Wildman–Crippen MR) is 103 cm³/mol. The van der Waals surface area contributed by atoms with Gasteiger partial charge < -0.3 is 19.3 Å². The molecule has 0 spiro atoms. The fourth-order valence-corrected chi connectivity index (χ4v) is 3.97. The fraction of sp³-hybridized carbons (Fsp3) is 0.650. The molecule has 0 saturated carbocycles. The fourth-order valence-electron chi connectivity index (χ4n) is 3.97. The third-order valence-corrected chi connectivity index (χ3v) is 5.54. The van der Waals surface area contributed by atoms with E-state index >= 15 is 0 Å². The first-order chi connectivity index (χ1) is 12.7. The number of carbonyl (C=O) groups excluding carboxylic acids is 1. The molecular weight excluding hydrogens is 330 g/mol. The average Bonchev–Trinajstić information content (AvgIpc) is 2.72. The zero-order valence-corrected chi connectivity index (χ0v) is 16.0. The van der Waals surface area contributed by atoms with Crippen LogP contribution in [0.3, 0.4) is 0 Å². The molecule has 2 fully saturated rings. The smallest absolute Gasteiger partial charge is 0.224 e. The van der Waals surface area contributed by atoms with E-state index in [0.29, 0.717) is 19.1 Å². The van der Waals surface area contributed by atoms with Crippen molar-refractivity contribution in [3.05, 3.63) is 24.3 Å². The van der Waals surface area contributed by atoms with Gasteiger partial charge in [-0.15, -0.1) is 0 Å². The lowest BCUT2D eigenvalue weighted by Gasteiger charge is -2.44. The number of carbonyl (C=O) groups is 1. The minimum Gasteiger partial charge on any atom is -0.497 e. The van der Waals surface area contributed by atoms with Gasteiger partial charge in [-0.25, -0.2) is 0 Å². The number of amides is 1. The molecule has 6 heteroatoms. The van der Waals surface area contributed by atoms with E-state index in [-0.39, 0.29) is 5.91 Å². The van der Waals surface area contributed by atoms with E-state index in [0.717, 1.165) is 51.4 Å². The Morgan fingerprint density at radius 3 is 2.46 bits per heavy atom. The summed E-state index contributed by atoms with van der Waals surface area (Å²) < 4.78 is 10.3. The highest BCUT2D eigenvalue weighted by molar-refractivity contribution is 5.76. The van der Waals surface area contributed by atoms with Crippen molar-refractivity contribution < 1.29 is 14.3 Å². The summed E-state index contributed by atoms with van der Waals surface area (Å²) in [6, 6.07) is 8.79. The molecule has 0 N–H and O–H groups in total. The number of rotatable bonds is 6. The number of likely N-dealkylation sites (tertiary alicyclic amines) is 1. The van der Waals surface area contributed by atoms with Crippen molar-refractivity contribution >= 4 is 11.6 Å².